The van der Waals surface area contributed by atoms with Crippen LogP contribution >= 0.6 is 0 Å². The molecule has 0 saturated heterocycles. The monoisotopic (exact) mass is 349 g/mol. The summed E-state index contributed by atoms with van der Waals surface area (Å²) in [6, 6.07) is 4.67. The zero-order valence-electron chi connectivity index (χ0n) is 13.4. The summed E-state index contributed by atoms with van der Waals surface area (Å²) < 4.78 is 40.5. The molecule has 24 heavy (non-hydrogen) atoms. The zero-order valence-corrected chi connectivity index (χ0v) is 14.2. The van der Waals surface area contributed by atoms with Crippen molar-refractivity contribution in [2.24, 2.45) is 7.05 Å². The Labute approximate surface area is 140 Å². The molecule has 1 N–H and O–H groups in total. The molecule has 1 aromatic heterocycles. The number of rotatable bonds is 4. The molecule has 0 atom stereocenters. The highest BCUT2D eigenvalue weighted by Gasteiger charge is 2.23. The minimum absolute atomic E-state index is 0.172. The molecule has 0 radical (unpaired) electrons. The maximum absolute atomic E-state index is 12.6. The number of hydrogen-bond donors (Lipinski definition) is 1. The van der Waals surface area contributed by atoms with E-state index >= 15 is 0 Å². The molecular weight excluding hydrogens is 330 g/mol. The highest BCUT2D eigenvalue weighted by molar-refractivity contribution is 7.89. The van der Waals surface area contributed by atoms with Gasteiger partial charge in [0, 0.05) is 13.1 Å². The third-order valence-corrected chi connectivity index (χ3v) is 5.85. The van der Waals surface area contributed by atoms with Crippen LogP contribution in [0.3, 0.4) is 0 Å². The summed E-state index contributed by atoms with van der Waals surface area (Å²) in [4.78, 5) is 0.172. The third-order valence-electron chi connectivity index (χ3n) is 4.45. The summed E-state index contributed by atoms with van der Waals surface area (Å²) in [5.74, 6) is 1.04. The highest BCUT2D eigenvalue weighted by atomic mass is 32.2. The average Bonchev–Trinajstić information content (AvgIpc) is 3.13. The minimum atomic E-state index is -3.63. The normalized spacial score (nSPS) is 16.2. The fourth-order valence-corrected chi connectivity index (χ4v) is 4.25. The summed E-state index contributed by atoms with van der Waals surface area (Å²) in [6.45, 7) is 1.13. The van der Waals surface area contributed by atoms with Crippen molar-refractivity contribution in [2.75, 3.05) is 13.2 Å². The van der Waals surface area contributed by atoms with Crippen molar-refractivity contribution in [3.05, 3.63) is 35.2 Å². The molecule has 4 rings (SSSR count). The first-order chi connectivity index (χ1) is 11.5. The number of hydrogen-bond acceptors (Lipinski definition) is 5. The molecule has 0 unspecified atom stereocenters. The zero-order chi connectivity index (χ0) is 16.7. The van der Waals surface area contributed by atoms with Crippen molar-refractivity contribution in [3.63, 3.8) is 0 Å². The lowest BCUT2D eigenvalue weighted by Crippen LogP contribution is -2.25. The fourth-order valence-electron chi connectivity index (χ4n) is 3.24. The van der Waals surface area contributed by atoms with Crippen LogP contribution in [-0.2, 0) is 36.5 Å². The van der Waals surface area contributed by atoms with Gasteiger partial charge in [-0.2, -0.15) is 5.10 Å². The quantitative estimate of drug-likeness (QED) is 0.896. The van der Waals surface area contributed by atoms with Crippen molar-refractivity contribution < 1.29 is 17.9 Å². The van der Waals surface area contributed by atoms with E-state index in [1.165, 1.54) is 17.7 Å². The lowest BCUT2D eigenvalue weighted by atomic mass is 10.2. The third kappa shape index (κ3) is 2.65. The summed E-state index contributed by atoms with van der Waals surface area (Å²) in [5.41, 5.74) is 3.21. The Balaban J connectivity index is 1.56. The Hall–Kier alpha value is -2.06. The van der Waals surface area contributed by atoms with Gasteiger partial charge in [0.15, 0.2) is 11.5 Å². The van der Waals surface area contributed by atoms with Crippen molar-refractivity contribution >= 4 is 10.0 Å². The van der Waals surface area contributed by atoms with Gasteiger partial charge in [-0.25, -0.2) is 13.1 Å². The second kappa shape index (κ2) is 5.78. The molecule has 7 nitrogen and oxygen atoms in total. The van der Waals surface area contributed by atoms with E-state index in [2.05, 4.69) is 9.82 Å². The largest absolute Gasteiger partial charge is 0.486 e. The number of aromatic nitrogens is 2. The van der Waals surface area contributed by atoms with Crippen LogP contribution in [0.25, 0.3) is 0 Å². The molecule has 0 saturated carbocycles. The van der Waals surface area contributed by atoms with Crippen molar-refractivity contribution in [1.29, 1.82) is 0 Å². The van der Waals surface area contributed by atoms with Crippen LogP contribution in [0.5, 0.6) is 11.5 Å². The van der Waals surface area contributed by atoms with Crippen LogP contribution < -0.4 is 14.2 Å². The summed E-state index contributed by atoms with van der Waals surface area (Å²) in [7, 11) is -1.78. The molecule has 0 fully saturated rings. The van der Waals surface area contributed by atoms with Crippen LogP contribution in [0.4, 0.5) is 0 Å². The molecule has 0 bridgehead atoms. The average molecular weight is 349 g/mol. The molecule has 0 amide bonds. The van der Waals surface area contributed by atoms with E-state index in [1.807, 2.05) is 7.05 Å². The van der Waals surface area contributed by atoms with Crippen LogP contribution in [0.15, 0.2) is 23.1 Å². The predicted octanol–water partition coefficient (Wildman–Crippen LogP) is 1.16. The van der Waals surface area contributed by atoms with Crippen LogP contribution in [0.1, 0.15) is 23.4 Å². The maximum Gasteiger partial charge on any atom is 0.241 e. The van der Waals surface area contributed by atoms with Gasteiger partial charge in [0.05, 0.1) is 22.8 Å². The Morgan fingerprint density at radius 3 is 2.83 bits per heavy atom. The fraction of sp³-hybridized carbons (Fsp3) is 0.438. The molecule has 2 aromatic rings. The molecule has 2 heterocycles. The predicted molar refractivity (Wildman–Crippen MR) is 86.7 cm³/mol. The Bertz CT molecular complexity index is 889. The Morgan fingerprint density at radius 2 is 2.00 bits per heavy atom. The van der Waals surface area contributed by atoms with Gasteiger partial charge in [0.1, 0.15) is 13.2 Å². The smallest absolute Gasteiger partial charge is 0.241 e. The maximum atomic E-state index is 12.6. The van der Waals surface area contributed by atoms with E-state index < -0.39 is 10.0 Å². The molecule has 0 spiro atoms. The van der Waals surface area contributed by atoms with Gasteiger partial charge in [0.25, 0.3) is 0 Å². The lowest BCUT2D eigenvalue weighted by Gasteiger charge is -2.19. The first-order valence-electron chi connectivity index (χ1n) is 7.97. The number of ether oxygens (including phenoxy) is 2. The second-order valence-corrected chi connectivity index (χ2v) is 7.75. The molecule has 1 aliphatic carbocycles. The van der Waals surface area contributed by atoms with E-state index in [-0.39, 0.29) is 11.4 Å². The number of nitrogens with one attached hydrogen (secondary N) is 1. The second-order valence-electron chi connectivity index (χ2n) is 5.98. The SMILES string of the molecule is Cn1nc2c(c1CNS(=O)(=O)c1ccc3c(c1)OCCO3)CCC2. The van der Waals surface area contributed by atoms with Crippen LogP contribution in [0.2, 0.25) is 0 Å². The van der Waals surface area contributed by atoms with Crippen molar-refractivity contribution in [1.82, 2.24) is 14.5 Å². The van der Waals surface area contributed by atoms with Gasteiger partial charge in [-0.15, -0.1) is 0 Å². The first-order valence-corrected chi connectivity index (χ1v) is 9.46. The van der Waals surface area contributed by atoms with Gasteiger partial charge in [-0.3, -0.25) is 4.68 Å². The number of sulfonamides is 1. The number of fused-ring (bicyclic) bond motifs is 2. The Kier molecular flexibility index (Phi) is 3.73. The van der Waals surface area contributed by atoms with Crippen LogP contribution in [-0.4, -0.2) is 31.4 Å². The lowest BCUT2D eigenvalue weighted by molar-refractivity contribution is 0.171. The van der Waals surface area contributed by atoms with E-state index in [0.717, 1.165) is 30.7 Å². The number of aryl methyl sites for hydroxylation is 2. The van der Waals surface area contributed by atoms with Gasteiger partial charge in [-0.05, 0) is 37.0 Å². The minimum Gasteiger partial charge on any atom is -0.486 e. The van der Waals surface area contributed by atoms with Gasteiger partial charge >= 0.3 is 0 Å². The summed E-state index contributed by atoms with van der Waals surface area (Å²) >= 11 is 0. The van der Waals surface area contributed by atoms with E-state index in [9.17, 15) is 8.42 Å². The number of benzene rings is 1. The van der Waals surface area contributed by atoms with Gasteiger partial charge < -0.3 is 9.47 Å². The Morgan fingerprint density at radius 1 is 1.21 bits per heavy atom. The summed E-state index contributed by atoms with van der Waals surface area (Å²) in [5, 5.41) is 4.47. The van der Waals surface area contributed by atoms with Gasteiger partial charge in [-0.1, -0.05) is 0 Å². The molecule has 8 heteroatoms. The van der Waals surface area contributed by atoms with E-state index in [0.29, 0.717) is 24.7 Å². The standard InChI is InChI=1S/C16H19N3O4S/c1-19-14(12-3-2-4-13(12)18-19)10-17-24(20,21)11-5-6-15-16(9-11)23-8-7-22-15/h5-6,9,17H,2-4,7-8,10H2,1H3. The molecular formula is C16H19N3O4S. The van der Waals surface area contributed by atoms with Gasteiger partial charge in [0.2, 0.25) is 10.0 Å². The van der Waals surface area contributed by atoms with Crippen molar-refractivity contribution in [3.8, 4) is 11.5 Å². The molecule has 2 aliphatic rings. The van der Waals surface area contributed by atoms with E-state index in [1.54, 1.807) is 10.7 Å². The molecule has 1 aromatic carbocycles. The molecule has 1 aliphatic heterocycles. The van der Waals surface area contributed by atoms with Crippen molar-refractivity contribution in [2.45, 2.75) is 30.7 Å². The molecule has 128 valence electrons. The summed E-state index contributed by atoms with van der Waals surface area (Å²) in [6.07, 6.45) is 3.02. The van der Waals surface area contributed by atoms with E-state index in [4.69, 9.17) is 9.47 Å². The highest BCUT2D eigenvalue weighted by Crippen LogP contribution is 2.32. The topological polar surface area (TPSA) is 82.5 Å². The first kappa shape index (κ1) is 15.5. The number of nitrogens with zero attached hydrogens (tertiary/aromatic N) is 2. The van der Waals surface area contributed by atoms with Crippen LogP contribution in [0, 0.1) is 0 Å².